The molecule has 24 heavy (non-hydrogen) atoms. The van der Waals surface area contributed by atoms with Crippen LogP contribution >= 0.6 is 15.9 Å². The van der Waals surface area contributed by atoms with Gasteiger partial charge in [0, 0.05) is 6.54 Å². The molecule has 0 aromatic heterocycles. The van der Waals surface area contributed by atoms with Crippen molar-refractivity contribution in [3.05, 3.63) is 64.1 Å². The van der Waals surface area contributed by atoms with Crippen molar-refractivity contribution in [3.63, 3.8) is 0 Å². The standard InChI is InChI=1S/C20H22BrNO2/c1-14-10-11-19(17(21)13-14)24-15(2)20(23)22-12-6-9-18(22)16-7-4-3-5-8-16/h3-5,7-8,10-11,13,15,18H,6,9,12H2,1-2H3. The van der Waals surface area contributed by atoms with Crippen molar-refractivity contribution in [2.24, 2.45) is 0 Å². The second-order valence-corrected chi connectivity index (χ2v) is 7.15. The molecule has 126 valence electrons. The first-order valence-electron chi connectivity index (χ1n) is 8.34. The number of likely N-dealkylation sites (tertiary alicyclic amines) is 1. The van der Waals surface area contributed by atoms with Gasteiger partial charge in [-0.05, 0) is 65.9 Å². The second-order valence-electron chi connectivity index (χ2n) is 6.29. The maximum Gasteiger partial charge on any atom is 0.263 e. The van der Waals surface area contributed by atoms with Gasteiger partial charge in [0.25, 0.3) is 5.91 Å². The van der Waals surface area contributed by atoms with E-state index in [1.165, 1.54) is 5.56 Å². The first-order chi connectivity index (χ1) is 11.6. The summed E-state index contributed by atoms with van der Waals surface area (Å²) in [5.41, 5.74) is 2.35. The zero-order valence-electron chi connectivity index (χ0n) is 14.0. The summed E-state index contributed by atoms with van der Waals surface area (Å²) in [5.74, 6) is 0.755. The largest absolute Gasteiger partial charge is 0.480 e. The molecule has 0 saturated carbocycles. The lowest BCUT2D eigenvalue weighted by Gasteiger charge is -2.28. The summed E-state index contributed by atoms with van der Waals surface area (Å²) in [7, 11) is 0. The van der Waals surface area contributed by atoms with Crippen LogP contribution in [-0.4, -0.2) is 23.5 Å². The molecule has 1 saturated heterocycles. The molecule has 3 rings (SSSR count). The van der Waals surface area contributed by atoms with Crippen LogP contribution in [0, 0.1) is 6.92 Å². The lowest BCUT2D eigenvalue weighted by atomic mass is 10.0. The molecular formula is C20H22BrNO2. The minimum atomic E-state index is -0.506. The van der Waals surface area contributed by atoms with E-state index < -0.39 is 6.10 Å². The average molecular weight is 388 g/mol. The molecule has 2 aromatic rings. The normalized spacial score (nSPS) is 18.5. The summed E-state index contributed by atoms with van der Waals surface area (Å²) in [6, 6.07) is 16.3. The van der Waals surface area contributed by atoms with Crippen molar-refractivity contribution in [1.82, 2.24) is 4.90 Å². The van der Waals surface area contributed by atoms with Crippen molar-refractivity contribution in [1.29, 1.82) is 0 Å². The summed E-state index contributed by atoms with van der Waals surface area (Å²) in [4.78, 5) is 14.9. The van der Waals surface area contributed by atoms with Crippen LogP contribution in [0.15, 0.2) is 53.0 Å². The second kappa shape index (κ2) is 7.39. The molecule has 4 heteroatoms. The van der Waals surface area contributed by atoms with Crippen LogP contribution in [0.5, 0.6) is 5.75 Å². The Hall–Kier alpha value is -1.81. The SMILES string of the molecule is Cc1ccc(OC(C)C(=O)N2CCCC2c2ccccc2)c(Br)c1. The Morgan fingerprint density at radius 1 is 1.25 bits per heavy atom. The molecule has 1 heterocycles. The fourth-order valence-corrected chi connectivity index (χ4v) is 3.81. The van der Waals surface area contributed by atoms with E-state index in [9.17, 15) is 4.79 Å². The van der Waals surface area contributed by atoms with Gasteiger partial charge in [-0.2, -0.15) is 0 Å². The number of halogens is 1. The van der Waals surface area contributed by atoms with E-state index in [1.54, 1.807) is 0 Å². The van der Waals surface area contributed by atoms with Gasteiger partial charge in [-0.3, -0.25) is 4.79 Å². The van der Waals surface area contributed by atoms with Crippen LogP contribution in [-0.2, 0) is 4.79 Å². The lowest BCUT2D eigenvalue weighted by molar-refractivity contribution is -0.138. The number of hydrogen-bond donors (Lipinski definition) is 0. The number of benzene rings is 2. The maximum atomic E-state index is 12.9. The molecule has 1 fully saturated rings. The highest BCUT2D eigenvalue weighted by Gasteiger charge is 2.33. The van der Waals surface area contributed by atoms with Gasteiger partial charge in [-0.15, -0.1) is 0 Å². The van der Waals surface area contributed by atoms with Gasteiger partial charge in [0.15, 0.2) is 6.10 Å². The zero-order valence-corrected chi connectivity index (χ0v) is 15.6. The molecule has 2 atom stereocenters. The molecule has 0 bridgehead atoms. The molecule has 2 unspecified atom stereocenters. The molecular weight excluding hydrogens is 366 g/mol. The van der Waals surface area contributed by atoms with Crippen molar-refractivity contribution >= 4 is 21.8 Å². The van der Waals surface area contributed by atoms with Crippen LogP contribution in [0.25, 0.3) is 0 Å². The number of amides is 1. The molecule has 1 aliphatic rings. The Labute approximate surface area is 151 Å². The Kier molecular flexibility index (Phi) is 5.24. The quantitative estimate of drug-likeness (QED) is 0.747. The van der Waals surface area contributed by atoms with Crippen molar-refractivity contribution < 1.29 is 9.53 Å². The van der Waals surface area contributed by atoms with E-state index in [-0.39, 0.29) is 11.9 Å². The van der Waals surface area contributed by atoms with Gasteiger partial charge >= 0.3 is 0 Å². The number of ether oxygens (including phenoxy) is 1. The van der Waals surface area contributed by atoms with Crippen LogP contribution in [0.3, 0.4) is 0 Å². The summed E-state index contributed by atoms with van der Waals surface area (Å²) in [5, 5.41) is 0. The summed E-state index contributed by atoms with van der Waals surface area (Å²) >= 11 is 3.51. The minimum absolute atomic E-state index is 0.0498. The van der Waals surface area contributed by atoms with Crippen LogP contribution in [0.2, 0.25) is 0 Å². The molecule has 0 spiro atoms. The van der Waals surface area contributed by atoms with E-state index >= 15 is 0 Å². The third kappa shape index (κ3) is 3.64. The van der Waals surface area contributed by atoms with E-state index in [0.29, 0.717) is 5.75 Å². The van der Waals surface area contributed by atoms with E-state index in [1.807, 2.05) is 55.1 Å². The molecule has 0 radical (unpaired) electrons. The van der Waals surface area contributed by atoms with Crippen LogP contribution in [0.4, 0.5) is 0 Å². The highest BCUT2D eigenvalue weighted by atomic mass is 79.9. The summed E-state index contributed by atoms with van der Waals surface area (Å²) in [6.07, 6.45) is 1.54. The van der Waals surface area contributed by atoms with Crippen LogP contribution < -0.4 is 4.74 Å². The van der Waals surface area contributed by atoms with Gasteiger partial charge < -0.3 is 9.64 Å². The topological polar surface area (TPSA) is 29.5 Å². The molecule has 3 nitrogen and oxygen atoms in total. The first kappa shape index (κ1) is 17.0. The molecule has 1 aliphatic heterocycles. The summed E-state index contributed by atoms with van der Waals surface area (Å²) in [6.45, 7) is 4.65. The Morgan fingerprint density at radius 3 is 2.71 bits per heavy atom. The average Bonchev–Trinajstić information content (AvgIpc) is 3.07. The number of carbonyl (C=O) groups is 1. The van der Waals surface area contributed by atoms with Crippen molar-refractivity contribution in [3.8, 4) is 5.75 Å². The Morgan fingerprint density at radius 2 is 2.00 bits per heavy atom. The highest BCUT2D eigenvalue weighted by molar-refractivity contribution is 9.10. The monoisotopic (exact) mass is 387 g/mol. The van der Waals surface area contributed by atoms with Gasteiger partial charge in [0.1, 0.15) is 5.75 Å². The predicted octanol–water partition coefficient (Wildman–Crippen LogP) is 4.89. The van der Waals surface area contributed by atoms with E-state index in [4.69, 9.17) is 4.74 Å². The van der Waals surface area contributed by atoms with Crippen LogP contribution in [0.1, 0.15) is 36.9 Å². The first-order valence-corrected chi connectivity index (χ1v) is 9.14. The number of nitrogens with zero attached hydrogens (tertiary/aromatic N) is 1. The Balaban J connectivity index is 1.73. The fourth-order valence-electron chi connectivity index (χ4n) is 3.23. The molecule has 0 aliphatic carbocycles. The fraction of sp³-hybridized carbons (Fsp3) is 0.350. The predicted molar refractivity (Wildman–Crippen MR) is 99.1 cm³/mol. The van der Waals surface area contributed by atoms with Gasteiger partial charge in [-0.25, -0.2) is 0 Å². The number of hydrogen-bond acceptors (Lipinski definition) is 2. The third-order valence-electron chi connectivity index (χ3n) is 4.46. The minimum Gasteiger partial charge on any atom is -0.480 e. The summed E-state index contributed by atoms with van der Waals surface area (Å²) < 4.78 is 6.80. The lowest BCUT2D eigenvalue weighted by Crippen LogP contribution is -2.40. The number of rotatable bonds is 4. The van der Waals surface area contributed by atoms with E-state index in [2.05, 4.69) is 28.1 Å². The molecule has 1 amide bonds. The maximum absolute atomic E-state index is 12.9. The number of carbonyl (C=O) groups excluding carboxylic acids is 1. The third-order valence-corrected chi connectivity index (χ3v) is 5.08. The van der Waals surface area contributed by atoms with Crippen molar-refractivity contribution in [2.75, 3.05) is 6.54 Å². The van der Waals surface area contributed by atoms with Gasteiger partial charge in [0.05, 0.1) is 10.5 Å². The van der Waals surface area contributed by atoms with Gasteiger partial charge in [-0.1, -0.05) is 36.4 Å². The van der Waals surface area contributed by atoms with Crippen molar-refractivity contribution in [2.45, 2.75) is 38.8 Å². The smallest absolute Gasteiger partial charge is 0.263 e. The molecule has 2 aromatic carbocycles. The van der Waals surface area contributed by atoms with E-state index in [0.717, 1.165) is 29.4 Å². The Bertz CT molecular complexity index is 717. The highest BCUT2D eigenvalue weighted by Crippen LogP contribution is 2.33. The number of aryl methyl sites for hydroxylation is 1. The zero-order chi connectivity index (χ0) is 17.1. The molecule has 0 N–H and O–H groups in total. The van der Waals surface area contributed by atoms with Gasteiger partial charge in [0.2, 0.25) is 0 Å².